The molecular formula is C16H16BrNO2. The molecule has 0 saturated carbocycles. The molecule has 2 rings (SSSR count). The first-order valence-corrected chi connectivity index (χ1v) is 7.15. The highest BCUT2D eigenvalue weighted by Gasteiger charge is 2.15. The number of carbonyl (C=O) groups is 1. The number of ether oxygens (including phenoxy) is 1. The minimum atomic E-state index is -0.632. The Balaban J connectivity index is 1.83. The summed E-state index contributed by atoms with van der Waals surface area (Å²) in [6.07, 6.45) is 0.486. The van der Waals surface area contributed by atoms with Crippen LogP contribution in [0.15, 0.2) is 59.1 Å². The zero-order chi connectivity index (χ0) is 14.4. The normalized spacial score (nSPS) is 11.9. The molecular weight excluding hydrogens is 318 g/mol. The first kappa shape index (κ1) is 14.8. The van der Waals surface area contributed by atoms with E-state index >= 15 is 0 Å². The van der Waals surface area contributed by atoms with Gasteiger partial charge in [0.2, 0.25) is 0 Å². The second-order valence-corrected chi connectivity index (χ2v) is 5.45. The van der Waals surface area contributed by atoms with Crippen molar-refractivity contribution < 1.29 is 9.53 Å². The molecule has 0 aliphatic carbocycles. The van der Waals surface area contributed by atoms with E-state index in [2.05, 4.69) is 15.9 Å². The van der Waals surface area contributed by atoms with E-state index in [1.807, 2.05) is 54.6 Å². The number of rotatable bonds is 5. The molecule has 20 heavy (non-hydrogen) atoms. The third kappa shape index (κ3) is 4.47. The lowest BCUT2D eigenvalue weighted by Gasteiger charge is -2.11. The molecule has 2 N–H and O–H groups in total. The van der Waals surface area contributed by atoms with Crippen molar-refractivity contribution in [1.29, 1.82) is 0 Å². The second kappa shape index (κ2) is 7.22. The molecule has 1 atom stereocenters. The van der Waals surface area contributed by atoms with Crippen molar-refractivity contribution in [3.05, 3.63) is 70.2 Å². The van der Waals surface area contributed by atoms with Crippen molar-refractivity contribution in [2.24, 2.45) is 5.73 Å². The molecule has 2 aromatic rings. The van der Waals surface area contributed by atoms with Gasteiger partial charge in [-0.1, -0.05) is 58.4 Å². The summed E-state index contributed by atoms with van der Waals surface area (Å²) >= 11 is 3.36. The molecule has 0 aliphatic rings. The SMILES string of the molecule is N[C@H](Cc1ccccc1)C(=O)OCc1ccc(Br)cc1. The fraction of sp³-hybridized carbons (Fsp3) is 0.188. The smallest absolute Gasteiger partial charge is 0.323 e. The first-order chi connectivity index (χ1) is 9.65. The van der Waals surface area contributed by atoms with Crippen LogP contribution in [-0.2, 0) is 22.6 Å². The zero-order valence-electron chi connectivity index (χ0n) is 11.0. The van der Waals surface area contributed by atoms with E-state index in [0.717, 1.165) is 15.6 Å². The lowest BCUT2D eigenvalue weighted by molar-refractivity contribution is -0.146. The molecule has 0 aromatic heterocycles. The highest BCUT2D eigenvalue weighted by molar-refractivity contribution is 9.10. The van der Waals surface area contributed by atoms with Gasteiger partial charge < -0.3 is 10.5 Å². The second-order valence-electron chi connectivity index (χ2n) is 4.53. The van der Waals surface area contributed by atoms with Crippen molar-refractivity contribution in [2.45, 2.75) is 19.1 Å². The summed E-state index contributed by atoms with van der Waals surface area (Å²) in [6, 6.07) is 16.7. The average Bonchev–Trinajstić information content (AvgIpc) is 2.47. The van der Waals surface area contributed by atoms with Crippen LogP contribution in [0, 0.1) is 0 Å². The Morgan fingerprint density at radius 1 is 1.05 bits per heavy atom. The molecule has 4 heteroatoms. The zero-order valence-corrected chi connectivity index (χ0v) is 12.5. The molecule has 0 bridgehead atoms. The van der Waals surface area contributed by atoms with Crippen LogP contribution < -0.4 is 5.73 Å². The fourth-order valence-electron chi connectivity index (χ4n) is 1.79. The first-order valence-electron chi connectivity index (χ1n) is 6.36. The number of esters is 1. The molecule has 0 heterocycles. The Kier molecular flexibility index (Phi) is 5.32. The maximum Gasteiger partial charge on any atom is 0.323 e. The third-order valence-corrected chi connectivity index (χ3v) is 3.42. The minimum absolute atomic E-state index is 0.245. The summed E-state index contributed by atoms with van der Waals surface area (Å²) in [5.41, 5.74) is 7.82. The van der Waals surface area contributed by atoms with Crippen LogP contribution in [0.3, 0.4) is 0 Å². The van der Waals surface area contributed by atoms with Gasteiger partial charge in [-0.25, -0.2) is 0 Å². The van der Waals surface area contributed by atoms with Gasteiger partial charge in [0, 0.05) is 4.47 Å². The average molecular weight is 334 g/mol. The molecule has 0 radical (unpaired) electrons. The maximum absolute atomic E-state index is 11.8. The lowest BCUT2D eigenvalue weighted by atomic mass is 10.1. The quantitative estimate of drug-likeness (QED) is 0.855. The Hall–Kier alpha value is -1.65. The van der Waals surface area contributed by atoms with E-state index in [9.17, 15) is 4.79 Å². The summed E-state index contributed by atoms with van der Waals surface area (Å²) in [7, 11) is 0. The third-order valence-electron chi connectivity index (χ3n) is 2.90. The molecule has 0 fully saturated rings. The van der Waals surface area contributed by atoms with Gasteiger partial charge in [-0.3, -0.25) is 4.79 Å². The molecule has 0 amide bonds. The number of hydrogen-bond acceptors (Lipinski definition) is 3. The van der Waals surface area contributed by atoms with Crippen molar-refractivity contribution in [2.75, 3.05) is 0 Å². The standard InChI is InChI=1S/C16H16BrNO2/c17-14-8-6-13(7-9-14)11-20-16(19)15(18)10-12-4-2-1-3-5-12/h1-9,15H,10-11,18H2/t15-/m1/s1. The molecule has 0 aliphatic heterocycles. The summed E-state index contributed by atoms with van der Waals surface area (Å²) in [4.78, 5) is 11.8. The van der Waals surface area contributed by atoms with Crippen LogP contribution in [-0.4, -0.2) is 12.0 Å². The fourth-order valence-corrected chi connectivity index (χ4v) is 2.06. The molecule has 0 saturated heterocycles. The molecule has 3 nitrogen and oxygen atoms in total. The van der Waals surface area contributed by atoms with Crippen molar-refractivity contribution in [3.63, 3.8) is 0 Å². The molecule has 2 aromatic carbocycles. The van der Waals surface area contributed by atoms with E-state index in [-0.39, 0.29) is 12.6 Å². The Bertz CT molecular complexity index is 554. The van der Waals surface area contributed by atoms with Crippen molar-refractivity contribution in [3.8, 4) is 0 Å². The summed E-state index contributed by atoms with van der Waals surface area (Å²) < 4.78 is 6.22. The van der Waals surface area contributed by atoms with Gasteiger partial charge in [0.15, 0.2) is 0 Å². The van der Waals surface area contributed by atoms with Crippen molar-refractivity contribution in [1.82, 2.24) is 0 Å². The highest BCUT2D eigenvalue weighted by atomic mass is 79.9. The van der Waals surface area contributed by atoms with E-state index in [1.165, 1.54) is 0 Å². The lowest BCUT2D eigenvalue weighted by Crippen LogP contribution is -2.34. The van der Waals surface area contributed by atoms with Crippen LogP contribution in [0.2, 0.25) is 0 Å². The van der Waals surface area contributed by atoms with E-state index < -0.39 is 6.04 Å². The minimum Gasteiger partial charge on any atom is -0.460 e. The van der Waals surface area contributed by atoms with E-state index in [4.69, 9.17) is 10.5 Å². The molecule has 0 unspecified atom stereocenters. The highest BCUT2D eigenvalue weighted by Crippen LogP contribution is 2.11. The Morgan fingerprint density at radius 3 is 2.35 bits per heavy atom. The molecule has 0 spiro atoms. The maximum atomic E-state index is 11.8. The van der Waals surface area contributed by atoms with Crippen LogP contribution in [0.1, 0.15) is 11.1 Å². The van der Waals surface area contributed by atoms with Crippen LogP contribution in [0.4, 0.5) is 0 Å². The van der Waals surface area contributed by atoms with Gasteiger partial charge >= 0.3 is 5.97 Å². The summed E-state index contributed by atoms with van der Waals surface area (Å²) in [5.74, 6) is -0.378. The van der Waals surface area contributed by atoms with Gasteiger partial charge in [0.1, 0.15) is 12.6 Å². The topological polar surface area (TPSA) is 52.3 Å². The monoisotopic (exact) mass is 333 g/mol. The number of nitrogens with two attached hydrogens (primary N) is 1. The summed E-state index contributed by atoms with van der Waals surface area (Å²) in [5, 5.41) is 0. The largest absolute Gasteiger partial charge is 0.460 e. The van der Waals surface area contributed by atoms with E-state index in [0.29, 0.717) is 6.42 Å². The number of benzene rings is 2. The van der Waals surface area contributed by atoms with Gasteiger partial charge in [-0.2, -0.15) is 0 Å². The van der Waals surface area contributed by atoms with Gasteiger partial charge in [0.25, 0.3) is 0 Å². The van der Waals surface area contributed by atoms with Gasteiger partial charge in [-0.15, -0.1) is 0 Å². The van der Waals surface area contributed by atoms with Crippen LogP contribution >= 0.6 is 15.9 Å². The van der Waals surface area contributed by atoms with Gasteiger partial charge in [-0.05, 0) is 29.7 Å². The molecule has 104 valence electrons. The number of halogens is 1. The summed E-state index contributed by atoms with van der Waals surface area (Å²) in [6.45, 7) is 0.245. The number of hydrogen-bond donors (Lipinski definition) is 1. The van der Waals surface area contributed by atoms with Crippen LogP contribution in [0.25, 0.3) is 0 Å². The Morgan fingerprint density at radius 2 is 1.70 bits per heavy atom. The predicted octanol–water partition coefficient (Wildman–Crippen LogP) is 3.06. The van der Waals surface area contributed by atoms with E-state index in [1.54, 1.807) is 0 Å². The number of carbonyl (C=O) groups excluding carboxylic acids is 1. The van der Waals surface area contributed by atoms with Crippen molar-refractivity contribution >= 4 is 21.9 Å². The van der Waals surface area contributed by atoms with Gasteiger partial charge in [0.05, 0.1) is 0 Å². The Labute approximate surface area is 126 Å². The van der Waals surface area contributed by atoms with Crippen LogP contribution in [0.5, 0.6) is 0 Å². The predicted molar refractivity (Wildman–Crippen MR) is 82.1 cm³/mol.